The molecule has 9 heteroatoms. The Balaban J connectivity index is 1.39. The number of amidine groups is 1. The smallest absolute Gasteiger partial charge is 0.280 e. The summed E-state index contributed by atoms with van der Waals surface area (Å²) in [6, 6.07) is 6.43. The summed E-state index contributed by atoms with van der Waals surface area (Å²) in [6.45, 7) is 4.85. The topological polar surface area (TPSA) is 84.8 Å². The quantitative estimate of drug-likeness (QED) is 0.663. The zero-order valence-electron chi connectivity index (χ0n) is 16.5. The Morgan fingerprint density at radius 1 is 1.03 bits per heavy atom. The SMILES string of the molecule is c1cc(N2CCOCC2)c2c(c1)-n1cnc(-c3nc(C4CC4)no3)c1N1CCN=C21. The van der Waals surface area contributed by atoms with Crippen LogP contribution in [0.5, 0.6) is 0 Å². The lowest BCUT2D eigenvalue weighted by atomic mass is 10.0. The van der Waals surface area contributed by atoms with E-state index >= 15 is 0 Å². The highest BCUT2D eigenvalue weighted by molar-refractivity contribution is 6.19. The average molecular weight is 403 g/mol. The van der Waals surface area contributed by atoms with Gasteiger partial charge in [-0.25, -0.2) is 4.98 Å². The van der Waals surface area contributed by atoms with Crippen LogP contribution in [0.3, 0.4) is 0 Å². The predicted octanol–water partition coefficient (Wildman–Crippen LogP) is 2.22. The molecule has 1 aliphatic carbocycles. The summed E-state index contributed by atoms with van der Waals surface area (Å²) < 4.78 is 13.3. The normalized spacial score (nSPS) is 20.1. The molecule has 0 radical (unpaired) electrons. The van der Waals surface area contributed by atoms with Gasteiger partial charge >= 0.3 is 0 Å². The maximum atomic E-state index is 5.61. The summed E-state index contributed by atoms with van der Waals surface area (Å²) in [6.07, 6.45) is 4.14. The molecule has 0 amide bonds. The number of fused-ring (bicyclic) bond motifs is 6. The average Bonchev–Trinajstić information content (AvgIpc) is 3.19. The van der Waals surface area contributed by atoms with E-state index in [4.69, 9.17) is 19.2 Å². The second-order valence-electron chi connectivity index (χ2n) is 8.15. The number of benzene rings is 1. The van der Waals surface area contributed by atoms with Gasteiger partial charge in [0, 0.05) is 31.2 Å². The first-order valence-electron chi connectivity index (χ1n) is 10.6. The molecule has 7 rings (SSSR count). The van der Waals surface area contributed by atoms with Gasteiger partial charge in [0.1, 0.15) is 12.2 Å². The number of aliphatic imine (C=N–C) groups is 1. The predicted molar refractivity (Wildman–Crippen MR) is 111 cm³/mol. The van der Waals surface area contributed by atoms with Gasteiger partial charge in [-0.15, -0.1) is 0 Å². The Morgan fingerprint density at radius 2 is 1.90 bits per heavy atom. The first kappa shape index (κ1) is 16.6. The highest BCUT2D eigenvalue weighted by Crippen LogP contribution is 2.43. The second-order valence-corrected chi connectivity index (χ2v) is 8.15. The summed E-state index contributed by atoms with van der Waals surface area (Å²) in [5.74, 6) is 3.70. The molecule has 1 saturated heterocycles. The van der Waals surface area contributed by atoms with Crippen LogP contribution in [-0.4, -0.2) is 64.9 Å². The van der Waals surface area contributed by atoms with Crippen molar-refractivity contribution in [3.05, 3.63) is 35.9 Å². The van der Waals surface area contributed by atoms with Gasteiger partial charge in [-0.1, -0.05) is 11.2 Å². The molecule has 9 nitrogen and oxygen atoms in total. The van der Waals surface area contributed by atoms with E-state index in [0.717, 1.165) is 86.7 Å². The zero-order chi connectivity index (χ0) is 19.7. The van der Waals surface area contributed by atoms with Gasteiger partial charge in [-0.3, -0.25) is 9.56 Å². The third-order valence-electron chi connectivity index (χ3n) is 6.28. The minimum atomic E-state index is 0.446. The van der Waals surface area contributed by atoms with Crippen molar-refractivity contribution < 1.29 is 9.26 Å². The van der Waals surface area contributed by atoms with E-state index in [9.17, 15) is 0 Å². The van der Waals surface area contributed by atoms with Crippen molar-refractivity contribution in [1.29, 1.82) is 0 Å². The number of aromatic nitrogens is 4. The Morgan fingerprint density at radius 3 is 2.77 bits per heavy atom. The van der Waals surface area contributed by atoms with Crippen molar-refractivity contribution in [3.8, 4) is 17.3 Å². The van der Waals surface area contributed by atoms with Crippen LogP contribution in [0.15, 0.2) is 34.0 Å². The van der Waals surface area contributed by atoms with Crippen LogP contribution >= 0.6 is 0 Å². The Hall–Kier alpha value is -3.20. The molecule has 30 heavy (non-hydrogen) atoms. The molecular weight excluding hydrogens is 382 g/mol. The summed E-state index contributed by atoms with van der Waals surface area (Å²) in [7, 11) is 0. The lowest BCUT2D eigenvalue weighted by molar-refractivity contribution is 0.122. The van der Waals surface area contributed by atoms with Crippen LogP contribution in [0.25, 0.3) is 17.3 Å². The monoisotopic (exact) mass is 403 g/mol. The van der Waals surface area contributed by atoms with Crippen molar-refractivity contribution >= 4 is 17.3 Å². The van der Waals surface area contributed by atoms with Crippen molar-refractivity contribution in [3.63, 3.8) is 0 Å². The first-order valence-corrected chi connectivity index (χ1v) is 10.6. The molecule has 0 unspecified atom stereocenters. The van der Waals surface area contributed by atoms with Gasteiger partial charge in [0.05, 0.1) is 31.0 Å². The Kier molecular flexibility index (Phi) is 3.40. The first-order chi connectivity index (χ1) is 14.9. The van der Waals surface area contributed by atoms with Crippen LogP contribution in [0.1, 0.15) is 30.1 Å². The van der Waals surface area contributed by atoms with Gasteiger partial charge in [0.15, 0.2) is 17.3 Å². The fourth-order valence-electron chi connectivity index (χ4n) is 4.66. The Bertz CT molecular complexity index is 1170. The molecule has 2 aromatic heterocycles. The summed E-state index contributed by atoms with van der Waals surface area (Å²) in [5.41, 5.74) is 4.19. The minimum Gasteiger partial charge on any atom is -0.378 e. The van der Waals surface area contributed by atoms with E-state index in [1.807, 2.05) is 6.33 Å². The number of ether oxygens (including phenoxy) is 1. The highest BCUT2D eigenvalue weighted by Gasteiger charge is 2.38. The molecule has 0 N–H and O–H groups in total. The van der Waals surface area contributed by atoms with E-state index in [2.05, 4.69) is 42.7 Å². The van der Waals surface area contributed by atoms with Gasteiger partial charge in [0.25, 0.3) is 5.89 Å². The third-order valence-corrected chi connectivity index (χ3v) is 6.28. The molecular formula is C21H21N7O2. The molecule has 4 aliphatic rings. The third kappa shape index (κ3) is 2.32. The van der Waals surface area contributed by atoms with Gasteiger partial charge in [0.2, 0.25) is 0 Å². The molecule has 5 heterocycles. The van der Waals surface area contributed by atoms with Crippen LogP contribution in [-0.2, 0) is 4.74 Å². The fourth-order valence-corrected chi connectivity index (χ4v) is 4.66. The van der Waals surface area contributed by atoms with Gasteiger partial charge < -0.3 is 19.1 Å². The van der Waals surface area contributed by atoms with E-state index in [1.54, 1.807) is 0 Å². The maximum absolute atomic E-state index is 5.61. The summed E-state index contributed by atoms with van der Waals surface area (Å²) in [4.78, 5) is 18.9. The molecule has 3 aliphatic heterocycles. The van der Waals surface area contributed by atoms with E-state index < -0.39 is 0 Å². The van der Waals surface area contributed by atoms with Crippen LogP contribution in [0.4, 0.5) is 11.5 Å². The zero-order valence-corrected chi connectivity index (χ0v) is 16.5. The Labute approximate surface area is 173 Å². The molecule has 152 valence electrons. The number of rotatable bonds is 3. The van der Waals surface area contributed by atoms with Crippen molar-refractivity contribution in [2.24, 2.45) is 4.99 Å². The van der Waals surface area contributed by atoms with Crippen LogP contribution in [0.2, 0.25) is 0 Å². The van der Waals surface area contributed by atoms with Gasteiger partial charge in [-0.2, -0.15) is 4.98 Å². The number of hydrogen-bond acceptors (Lipinski definition) is 8. The molecule has 1 saturated carbocycles. The molecule has 0 spiro atoms. The number of hydrogen-bond donors (Lipinski definition) is 0. The number of imidazole rings is 1. The summed E-state index contributed by atoms with van der Waals surface area (Å²) in [5, 5.41) is 4.19. The number of anilines is 2. The van der Waals surface area contributed by atoms with Crippen molar-refractivity contribution in [2.45, 2.75) is 18.8 Å². The lowest BCUT2D eigenvalue weighted by Crippen LogP contribution is -2.40. The summed E-state index contributed by atoms with van der Waals surface area (Å²) >= 11 is 0. The lowest BCUT2D eigenvalue weighted by Gasteiger charge is -2.35. The number of morpholine rings is 1. The van der Waals surface area contributed by atoms with E-state index in [-0.39, 0.29) is 0 Å². The molecule has 1 aromatic carbocycles. The molecule has 2 fully saturated rings. The van der Waals surface area contributed by atoms with E-state index in [0.29, 0.717) is 11.8 Å². The molecule has 0 atom stereocenters. The highest BCUT2D eigenvalue weighted by atomic mass is 16.5. The largest absolute Gasteiger partial charge is 0.378 e. The van der Waals surface area contributed by atoms with Gasteiger partial charge in [-0.05, 0) is 25.0 Å². The second kappa shape index (κ2) is 6.15. The fraction of sp³-hybridized carbons (Fsp3) is 0.429. The van der Waals surface area contributed by atoms with E-state index in [1.165, 1.54) is 5.69 Å². The number of nitrogens with zero attached hydrogens (tertiary/aromatic N) is 7. The van der Waals surface area contributed by atoms with Crippen LogP contribution in [0, 0.1) is 0 Å². The van der Waals surface area contributed by atoms with Crippen LogP contribution < -0.4 is 9.80 Å². The maximum Gasteiger partial charge on any atom is 0.280 e. The van der Waals surface area contributed by atoms with Crippen molar-refractivity contribution in [1.82, 2.24) is 19.7 Å². The minimum absolute atomic E-state index is 0.446. The standard InChI is InChI=1S/C21H21N7O2/c1-2-14(26-8-10-29-11-9-26)16-15(3-1)28-12-23-17(21(28)27-7-6-22-19(16)27)20-24-18(25-30-20)13-4-5-13/h1-3,12-13H,4-11H2. The molecule has 0 bridgehead atoms. The molecule has 3 aromatic rings. The van der Waals surface area contributed by atoms with Crippen molar-refractivity contribution in [2.75, 3.05) is 49.2 Å².